The fourth-order valence-corrected chi connectivity index (χ4v) is 11.8. The molecule has 0 saturated heterocycles. The minimum Gasteiger partial charge on any atom is -0.350 e. The average Bonchev–Trinajstić information content (AvgIpc) is 3.97. The molecule has 2 aliphatic rings. The number of nitrogens with zero attached hydrogens (tertiary/aromatic N) is 2. The third kappa shape index (κ3) is 5.18. The monoisotopic (exact) mass is 768 g/mol. The average molecular weight is 769 g/mol. The van der Waals surface area contributed by atoms with Crippen LogP contribution in [0.2, 0.25) is 0 Å². The second kappa shape index (κ2) is 13.1. The summed E-state index contributed by atoms with van der Waals surface area (Å²) in [5.41, 5.74) is 8.60. The highest BCUT2D eigenvalue weighted by Gasteiger charge is 2.30. The predicted molar refractivity (Wildman–Crippen MR) is 244 cm³/mol. The molecular formula is C51H36N4S2. The van der Waals surface area contributed by atoms with E-state index in [0.717, 1.165) is 17.8 Å². The number of rotatable bonds is 5. The number of hydrogen-bond donors (Lipinski definition) is 2. The Morgan fingerprint density at radius 2 is 1.18 bits per heavy atom. The van der Waals surface area contributed by atoms with Crippen molar-refractivity contribution in [2.75, 3.05) is 0 Å². The number of hydrogen-bond acceptors (Lipinski definition) is 5. The Morgan fingerprint density at radius 3 is 1.88 bits per heavy atom. The highest BCUT2D eigenvalue weighted by molar-refractivity contribution is 7.27. The van der Waals surface area contributed by atoms with Gasteiger partial charge in [-0.1, -0.05) is 146 Å². The minimum atomic E-state index is -0.113. The van der Waals surface area contributed by atoms with Gasteiger partial charge in [0.15, 0.2) is 0 Å². The normalized spacial score (nSPS) is 18.3. The van der Waals surface area contributed by atoms with Crippen LogP contribution in [0.3, 0.4) is 0 Å². The van der Waals surface area contributed by atoms with Crippen LogP contribution in [-0.2, 0) is 0 Å². The van der Waals surface area contributed by atoms with Gasteiger partial charge in [-0.2, -0.15) is 0 Å². The van der Waals surface area contributed by atoms with Gasteiger partial charge in [-0.3, -0.25) is 5.32 Å². The third-order valence-electron chi connectivity index (χ3n) is 11.8. The van der Waals surface area contributed by atoms with Crippen molar-refractivity contribution < 1.29 is 0 Å². The summed E-state index contributed by atoms with van der Waals surface area (Å²) in [5.74, 6) is 1.21. The van der Waals surface area contributed by atoms with Crippen LogP contribution < -0.4 is 10.6 Å². The Hall–Kier alpha value is -6.31. The number of aromatic nitrogens is 1. The van der Waals surface area contributed by atoms with Gasteiger partial charge >= 0.3 is 0 Å². The quantitative estimate of drug-likeness (QED) is 0.183. The van der Waals surface area contributed by atoms with Crippen LogP contribution in [0.25, 0.3) is 79.0 Å². The smallest absolute Gasteiger partial charge is 0.131 e. The standard InChI is InChI=1S/C51H36N4S2/c1-3-15-31(16-4-1)49-52-50(32-17-5-2-6-18-32)54-51(53-49)39-25-13-29-43-45(39)37-23-11-21-35(47(37)56-43)36-22-12-24-38-46-42(28-14-30-44(46)57-48(36)38)55-40-26-9-7-19-33(40)34-20-8-10-27-41(34)55/h1-17,19-30,32,50-51,54H,18H2,(H,52,53). The first-order valence-corrected chi connectivity index (χ1v) is 21.3. The maximum atomic E-state index is 5.25. The molecule has 272 valence electrons. The molecule has 7 aromatic carbocycles. The first kappa shape index (κ1) is 32.9. The lowest BCUT2D eigenvalue weighted by Gasteiger charge is -2.35. The molecule has 0 radical (unpaired) electrons. The maximum Gasteiger partial charge on any atom is 0.131 e. The van der Waals surface area contributed by atoms with E-state index in [1.165, 1.54) is 84.5 Å². The number of amidine groups is 1. The summed E-state index contributed by atoms with van der Waals surface area (Å²) >= 11 is 3.81. The van der Waals surface area contributed by atoms with E-state index in [0.29, 0.717) is 0 Å². The summed E-state index contributed by atoms with van der Waals surface area (Å²) in [6, 6.07) is 55.5. The molecule has 6 heteroatoms. The second-order valence-corrected chi connectivity index (χ2v) is 17.2. The van der Waals surface area contributed by atoms with Crippen molar-refractivity contribution >= 4 is 90.7 Å². The third-order valence-corrected chi connectivity index (χ3v) is 14.2. The molecule has 0 amide bonds. The molecule has 10 aromatic rings. The molecule has 0 spiro atoms. The topological polar surface area (TPSA) is 41.4 Å². The molecular weight excluding hydrogens is 733 g/mol. The zero-order chi connectivity index (χ0) is 37.5. The van der Waals surface area contributed by atoms with E-state index in [-0.39, 0.29) is 18.2 Å². The van der Waals surface area contributed by atoms with Gasteiger partial charge in [-0.05, 0) is 42.3 Å². The molecule has 4 nitrogen and oxygen atoms in total. The molecule has 3 atom stereocenters. The fraction of sp³-hybridized carbons (Fsp3) is 0.0784. The van der Waals surface area contributed by atoms with Crippen LogP contribution in [0.5, 0.6) is 0 Å². The van der Waals surface area contributed by atoms with E-state index in [2.05, 4.69) is 191 Å². The second-order valence-electron chi connectivity index (χ2n) is 15.1. The molecule has 0 saturated carbocycles. The summed E-state index contributed by atoms with van der Waals surface area (Å²) in [5, 5.41) is 15.5. The molecule has 57 heavy (non-hydrogen) atoms. The van der Waals surface area contributed by atoms with Gasteiger partial charge in [0.2, 0.25) is 0 Å². The Bertz CT molecular complexity index is 3250. The van der Waals surface area contributed by atoms with Crippen molar-refractivity contribution in [1.29, 1.82) is 0 Å². The van der Waals surface area contributed by atoms with Crippen molar-refractivity contribution in [2.24, 2.45) is 10.9 Å². The molecule has 3 unspecified atom stereocenters. The fourth-order valence-electron chi connectivity index (χ4n) is 9.27. The molecule has 12 rings (SSSR count). The number of aliphatic imine (C=N–C) groups is 1. The highest BCUT2D eigenvalue weighted by Crippen LogP contribution is 2.48. The largest absolute Gasteiger partial charge is 0.350 e. The summed E-state index contributed by atoms with van der Waals surface area (Å²) in [7, 11) is 0. The van der Waals surface area contributed by atoms with E-state index in [1.54, 1.807) is 0 Å². The van der Waals surface area contributed by atoms with Crippen LogP contribution in [0.1, 0.15) is 23.7 Å². The number of benzene rings is 7. The van der Waals surface area contributed by atoms with Crippen LogP contribution in [-0.4, -0.2) is 16.6 Å². The zero-order valence-electron chi connectivity index (χ0n) is 30.9. The Labute approximate surface area is 337 Å². The van der Waals surface area contributed by atoms with Crippen molar-refractivity contribution in [2.45, 2.75) is 18.8 Å². The summed E-state index contributed by atoms with van der Waals surface area (Å²) in [6.45, 7) is 0. The van der Waals surface area contributed by atoms with Gasteiger partial charge in [0.05, 0.1) is 16.7 Å². The number of allylic oxidation sites excluding steroid dienone is 3. The molecule has 0 fully saturated rings. The number of thiophene rings is 2. The van der Waals surface area contributed by atoms with Gasteiger partial charge in [0, 0.05) is 73.7 Å². The lowest BCUT2D eigenvalue weighted by Crippen LogP contribution is -2.50. The number of para-hydroxylation sites is 2. The van der Waals surface area contributed by atoms with Gasteiger partial charge in [-0.15, -0.1) is 22.7 Å². The molecule has 1 aliphatic heterocycles. The van der Waals surface area contributed by atoms with Crippen molar-refractivity contribution in [3.8, 4) is 16.8 Å². The lowest BCUT2D eigenvalue weighted by molar-refractivity contribution is 0.340. The maximum absolute atomic E-state index is 5.25. The van der Waals surface area contributed by atoms with Crippen molar-refractivity contribution in [1.82, 2.24) is 15.2 Å². The predicted octanol–water partition coefficient (Wildman–Crippen LogP) is 13.3. The first-order chi connectivity index (χ1) is 28.3. The van der Waals surface area contributed by atoms with Gasteiger partial charge in [0.1, 0.15) is 18.2 Å². The molecule has 2 N–H and O–H groups in total. The Morgan fingerprint density at radius 1 is 0.561 bits per heavy atom. The van der Waals surface area contributed by atoms with E-state index >= 15 is 0 Å². The SMILES string of the molecule is C1=CCC(C2N=C(c3ccccc3)NC(c3cccc4sc5c(-c6cccc7c6sc6cccc(-n8c9ccccc9c9ccccc98)c67)cccc5c34)N2)C=C1. The van der Waals surface area contributed by atoms with E-state index in [9.17, 15) is 0 Å². The van der Waals surface area contributed by atoms with E-state index in [4.69, 9.17) is 4.99 Å². The minimum absolute atomic E-state index is 0.0543. The van der Waals surface area contributed by atoms with Gasteiger partial charge in [0.25, 0.3) is 0 Å². The van der Waals surface area contributed by atoms with Crippen molar-refractivity contribution in [3.05, 3.63) is 187 Å². The lowest BCUT2D eigenvalue weighted by atomic mass is 9.95. The Balaban J connectivity index is 1.02. The van der Waals surface area contributed by atoms with Crippen LogP contribution in [0.15, 0.2) is 181 Å². The van der Waals surface area contributed by atoms with Crippen LogP contribution in [0.4, 0.5) is 0 Å². The first-order valence-electron chi connectivity index (χ1n) is 19.6. The molecule has 4 heterocycles. The zero-order valence-corrected chi connectivity index (χ0v) is 32.5. The van der Waals surface area contributed by atoms with Gasteiger partial charge in [-0.25, -0.2) is 4.99 Å². The molecule has 3 aromatic heterocycles. The Kier molecular flexibility index (Phi) is 7.58. The van der Waals surface area contributed by atoms with E-state index in [1.807, 2.05) is 22.7 Å². The van der Waals surface area contributed by atoms with Gasteiger partial charge < -0.3 is 9.88 Å². The highest BCUT2D eigenvalue weighted by atomic mass is 32.1. The number of fused-ring (bicyclic) bond motifs is 9. The van der Waals surface area contributed by atoms with Crippen LogP contribution in [0, 0.1) is 5.92 Å². The molecule has 1 aliphatic carbocycles. The summed E-state index contributed by atoms with van der Waals surface area (Å²) in [6.07, 6.45) is 9.62. The molecule has 0 bridgehead atoms. The van der Waals surface area contributed by atoms with E-state index < -0.39 is 0 Å². The summed E-state index contributed by atoms with van der Waals surface area (Å²) < 4.78 is 7.69. The summed E-state index contributed by atoms with van der Waals surface area (Å²) in [4.78, 5) is 5.25. The number of nitrogens with one attached hydrogen (secondary N) is 2. The van der Waals surface area contributed by atoms with Crippen LogP contribution >= 0.6 is 22.7 Å². The van der Waals surface area contributed by atoms with Crippen molar-refractivity contribution in [3.63, 3.8) is 0 Å².